The highest BCUT2D eigenvalue weighted by Gasteiger charge is 2.23. The molecule has 0 aromatic carbocycles. The van der Waals surface area contributed by atoms with E-state index >= 15 is 0 Å². The highest BCUT2D eigenvalue weighted by molar-refractivity contribution is 5.92. The third kappa shape index (κ3) is 1.74. The highest BCUT2D eigenvalue weighted by Crippen LogP contribution is 2.17. The number of nitrogens with zero attached hydrogens (tertiary/aromatic N) is 3. The van der Waals surface area contributed by atoms with Crippen LogP contribution in [0.5, 0.6) is 0 Å². The Morgan fingerprint density at radius 2 is 2.27 bits per heavy atom. The maximum Gasteiger partial charge on any atom is 0.269 e. The molecule has 0 spiro atoms. The van der Waals surface area contributed by atoms with E-state index in [9.17, 15) is 4.79 Å². The van der Waals surface area contributed by atoms with E-state index in [-0.39, 0.29) is 0 Å². The van der Waals surface area contributed by atoms with E-state index in [1.54, 1.807) is 6.33 Å². The summed E-state index contributed by atoms with van der Waals surface area (Å²) >= 11 is 0. The molecule has 15 heavy (non-hydrogen) atoms. The van der Waals surface area contributed by atoms with Crippen molar-refractivity contribution in [3.05, 3.63) is 17.7 Å². The standard InChI is InChI=1S/C10H16N4O/c1-7(2)13-3-4-14-6-12-9(10(11)15)8(14)5-13/h6-7H,3-5H2,1-2H3,(H2,11,15). The molecule has 0 saturated heterocycles. The predicted molar refractivity (Wildman–Crippen MR) is 56.3 cm³/mol. The van der Waals surface area contributed by atoms with E-state index in [1.807, 2.05) is 4.57 Å². The van der Waals surface area contributed by atoms with Gasteiger partial charge >= 0.3 is 0 Å². The van der Waals surface area contributed by atoms with Crippen LogP contribution in [0.3, 0.4) is 0 Å². The molecule has 1 aromatic rings. The second-order valence-electron chi connectivity index (χ2n) is 4.16. The Morgan fingerprint density at radius 3 is 2.87 bits per heavy atom. The molecule has 5 nitrogen and oxygen atoms in total. The fraction of sp³-hybridized carbons (Fsp3) is 0.600. The number of fused-ring (bicyclic) bond motifs is 1. The van der Waals surface area contributed by atoms with Gasteiger partial charge in [0.1, 0.15) is 5.69 Å². The van der Waals surface area contributed by atoms with Gasteiger partial charge in [0, 0.05) is 25.7 Å². The molecular weight excluding hydrogens is 192 g/mol. The summed E-state index contributed by atoms with van der Waals surface area (Å²) in [6.07, 6.45) is 1.70. The molecule has 1 aliphatic heterocycles. The van der Waals surface area contributed by atoms with Crippen LogP contribution >= 0.6 is 0 Å². The average Bonchev–Trinajstić information content (AvgIpc) is 2.59. The van der Waals surface area contributed by atoms with Gasteiger partial charge in [-0.15, -0.1) is 0 Å². The second kappa shape index (κ2) is 3.66. The summed E-state index contributed by atoms with van der Waals surface area (Å²) in [7, 11) is 0. The molecule has 1 aromatic heterocycles. The molecule has 0 radical (unpaired) electrons. The quantitative estimate of drug-likeness (QED) is 0.755. The smallest absolute Gasteiger partial charge is 0.269 e. The number of amides is 1. The van der Waals surface area contributed by atoms with Crippen LogP contribution in [0, 0.1) is 0 Å². The van der Waals surface area contributed by atoms with Gasteiger partial charge in [-0.25, -0.2) is 4.98 Å². The van der Waals surface area contributed by atoms with Gasteiger partial charge in [0.2, 0.25) is 0 Å². The van der Waals surface area contributed by atoms with Crippen molar-refractivity contribution in [3.8, 4) is 0 Å². The van der Waals surface area contributed by atoms with Gasteiger partial charge in [-0.1, -0.05) is 0 Å². The third-order valence-electron chi connectivity index (χ3n) is 2.89. The minimum atomic E-state index is -0.436. The topological polar surface area (TPSA) is 64.2 Å². The van der Waals surface area contributed by atoms with Gasteiger partial charge in [0.15, 0.2) is 0 Å². The number of nitrogens with two attached hydrogens (primary N) is 1. The summed E-state index contributed by atoms with van der Waals surface area (Å²) in [6, 6.07) is 0.481. The van der Waals surface area contributed by atoms with Crippen molar-refractivity contribution >= 4 is 5.91 Å². The van der Waals surface area contributed by atoms with Crippen molar-refractivity contribution in [2.24, 2.45) is 5.73 Å². The minimum Gasteiger partial charge on any atom is -0.364 e. The molecule has 0 saturated carbocycles. The molecule has 1 amide bonds. The SMILES string of the molecule is CC(C)N1CCn2cnc(C(N)=O)c2C1. The summed E-state index contributed by atoms with van der Waals surface area (Å²) in [4.78, 5) is 17.5. The van der Waals surface area contributed by atoms with E-state index in [0.717, 1.165) is 25.3 Å². The van der Waals surface area contributed by atoms with Crippen molar-refractivity contribution in [1.29, 1.82) is 0 Å². The van der Waals surface area contributed by atoms with Crippen molar-refractivity contribution in [2.75, 3.05) is 6.54 Å². The normalized spacial score (nSPS) is 16.7. The first-order chi connectivity index (χ1) is 7.09. The van der Waals surface area contributed by atoms with Gasteiger partial charge in [-0.05, 0) is 13.8 Å². The Bertz CT molecular complexity index is 383. The van der Waals surface area contributed by atoms with Gasteiger partial charge < -0.3 is 10.3 Å². The molecule has 5 heteroatoms. The molecule has 0 bridgehead atoms. The Morgan fingerprint density at radius 1 is 1.53 bits per heavy atom. The van der Waals surface area contributed by atoms with Crippen LogP contribution in [0.4, 0.5) is 0 Å². The van der Waals surface area contributed by atoms with E-state index < -0.39 is 5.91 Å². The zero-order valence-corrected chi connectivity index (χ0v) is 9.10. The van der Waals surface area contributed by atoms with Crippen LogP contribution in [0.25, 0.3) is 0 Å². The van der Waals surface area contributed by atoms with Crippen LogP contribution in [-0.4, -0.2) is 32.9 Å². The van der Waals surface area contributed by atoms with E-state index in [1.165, 1.54) is 0 Å². The van der Waals surface area contributed by atoms with Crippen LogP contribution in [0.15, 0.2) is 6.33 Å². The van der Waals surface area contributed by atoms with Crippen LogP contribution in [-0.2, 0) is 13.1 Å². The zero-order chi connectivity index (χ0) is 11.0. The first-order valence-electron chi connectivity index (χ1n) is 5.17. The molecule has 0 atom stereocenters. The van der Waals surface area contributed by atoms with Crippen molar-refractivity contribution in [1.82, 2.24) is 14.5 Å². The second-order valence-corrected chi connectivity index (χ2v) is 4.16. The molecule has 82 valence electrons. The van der Waals surface area contributed by atoms with Crippen molar-refractivity contribution < 1.29 is 4.79 Å². The number of imidazole rings is 1. The molecule has 2 heterocycles. The lowest BCUT2D eigenvalue weighted by atomic mass is 10.2. The largest absolute Gasteiger partial charge is 0.364 e. The summed E-state index contributed by atoms with van der Waals surface area (Å²) in [5.74, 6) is -0.436. The minimum absolute atomic E-state index is 0.417. The highest BCUT2D eigenvalue weighted by atomic mass is 16.1. The molecule has 2 rings (SSSR count). The number of hydrogen-bond donors (Lipinski definition) is 1. The van der Waals surface area contributed by atoms with Gasteiger partial charge in [0.25, 0.3) is 5.91 Å². The number of rotatable bonds is 2. The zero-order valence-electron chi connectivity index (χ0n) is 9.10. The molecule has 1 aliphatic rings. The molecule has 2 N–H and O–H groups in total. The average molecular weight is 208 g/mol. The number of hydrogen-bond acceptors (Lipinski definition) is 3. The molecular formula is C10H16N4O. The lowest BCUT2D eigenvalue weighted by molar-refractivity contribution is 0.0990. The van der Waals surface area contributed by atoms with Gasteiger partial charge in [-0.2, -0.15) is 0 Å². The Labute approximate surface area is 88.9 Å². The lowest BCUT2D eigenvalue weighted by Gasteiger charge is -2.31. The maximum atomic E-state index is 11.1. The summed E-state index contributed by atoms with van der Waals surface area (Å²) in [5, 5.41) is 0. The lowest BCUT2D eigenvalue weighted by Crippen LogP contribution is -2.38. The fourth-order valence-corrected chi connectivity index (χ4v) is 1.92. The Kier molecular flexibility index (Phi) is 2.48. The van der Waals surface area contributed by atoms with E-state index in [0.29, 0.717) is 11.7 Å². The van der Waals surface area contributed by atoms with Crippen LogP contribution in [0.2, 0.25) is 0 Å². The molecule has 0 unspecified atom stereocenters. The maximum absolute atomic E-state index is 11.1. The molecule has 0 aliphatic carbocycles. The summed E-state index contributed by atoms with van der Waals surface area (Å²) in [6.45, 7) is 6.94. The first-order valence-corrected chi connectivity index (χ1v) is 5.17. The van der Waals surface area contributed by atoms with Crippen molar-refractivity contribution in [2.45, 2.75) is 33.0 Å². The number of aromatic nitrogens is 2. The number of carbonyl (C=O) groups excluding carboxylic acids is 1. The first kappa shape index (κ1) is 10.2. The number of primary amides is 1. The summed E-state index contributed by atoms with van der Waals surface area (Å²) in [5.41, 5.74) is 6.63. The summed E-state index contributed by atoms with van der Waals surface area (Å²) < 4.78 is 2.01. The van der Waals surface area contributed by atoms with Gasteiger partial charge in [0.05, 0.1) is 12.0 Å². The Balaban J connectivity index is 2.30. The van der Waals surface area contributed by atoms with Crippen molar-refractivity contribution in [3.63, 3.8) is 0 Å². The third-order valence-corrected chi connectivity index (χ3v) is 2.89. The van der Waals surface area contributed by atoms with E-state index in [4.69, 9.17) is 5.73 Å². The monoisotopic (exact) mass is 208 g/mol. The van der Waals surface area contributed by atoms with E-state index in [2.05, 4.69) is 23.7 Å². The van der Waals surface area contributed by atoms with Crippen LogP contribution in [0.1, 0.15) is 30.0 Å². The predicted octanol–water partition coefficient (Wildman–Crippen LogP) is 0.206. The van der Waals surface area contributed by atoms with Crippen LogP contribution < -0.4 is 5.73 Å². The number of carbonyl (C=O) groups is 1. The van der Waals surface area contributed by atoms with Gasteiger partial charge in [-0.3, -0.25) is 9.69 Å². The fourth-order valence-electron chi connectivity index (χ4n) is 1.92. The Hall–Kier alpha value is -1.36. The molecule has 0 fully saturated rings.